The lowest BCUT2D eigenvalue weighted by Crippen LogP contribution is -2.69. The Kier molecular flexibility index (Phi) is 6.35. The standard InChI is InChI=1S/C27H33N5O2S/c33-26-25-18-31(17-21-9-8-20(35-21)16-30-10-4-1-5-11-30)12-13-32(25)27(34)24(29-26)14-19-15-28-23-7-3-2-6-22(19)23/h2-3,6-9,15,24-25,28H,1,4-5,10-14,16-18H2,(H,29,33)/t24-,25+/m0/s1. The quantitative estimate of drug-likeness (QED) is 0.556. The fraction of sp³-hybridized carbons (Fsp3) is 0.481. The second-order valence-corrected chi connectivity index (χ2v) is 11.4. The van der Waals surface area contributed by atoms with Crippen molar-refractivity contribution >= 4 is 34.1 Å². The van der Waals surface area contributed by atoms with Crippen molar-refractivity contribution in [3.8, 4) is 0 Å². The third-order valence-corrected chi connectivity index (χ3v) is 8.74. The summed E-state index contributed by atoms with van der Waals surface area (Å²) >= 11 is 1.89. The van der Waals surface area contributed by atoms with E-state index >= 15 is 0 Å². The zero-order valence-corrected chi connectivity index (χ0v) is 20.9. The van der Waals surface area contributed by atoms with Crippen molar-refractivity contribution in [2.75, 3.05) is 32.7 Å². The molecule has 2 aromatic heterocycles. The number of amides is 2. The van der Waals surface area contributed by atoms with Crippen molar-refractivity contribution in [2.24, 2.45) is 0 Å². The number of carbonyl (C=O) groups is 2. The van der Waals surface area contributed by atoms with Gasteiger partial charge in [-0.05, 0) is 49.7 Å². The van der Waals surface area contributed by atoms with Crippen LogP contribution >= 0.6 is 11.3 Å². The maximum atomic E-state index is 13.3. The van der Waals surface area contributed by atoms with E-state index in [0.29, 0.717) is 19.5 Å². The first-order valence-corrected chi connectivity index (χ1v) is 13.6. The van der Waals surface area contributed by atoms with Gasteiger partial charge in [0.05, 0.1) is 0 Å². The van der Waals surface area contributed by atoms with Crippen LogP contribution in [0.3, 0.4) is 0 Å². The summed E-state index contributed by atoms with van der Waals surface area (Å²) in [5.74, 6) is 0.00980. The summed E-state index contributed by atoms with van der Waals surface area (Å²) in [5.41, 5.74) is 2.12. The van der Waals surface area contributed by atoms with E-state index in [2.05, 4.69) is 38.3 Å². The Morgan fingerprint density at radius 2 is 1.66 bits per heavy atom. The maximum absolute atomic E-state index is 13.3. The molecular formula is C27H33N5O2S. The van der Waals surface area contributed by atoms with E-state index in [1.54, 1.807) is 0 Å². The molecule has 0 spiro atoms. The molecule has 0 saturated carbocycles. The van der Waals surface area contributed by atoms with E-state index < -0.39 is 12.1 Å². The van der Waals surface area contributed by atoms with E-state index in [1.807, 2.05) is 40.6 Å². The first-order chi connectivity index (χ1) is 17.1. The second kappa shape index (κ2) is 9.76. The number of likely N-dealkylation sites (tertiary alicyclic amines) is 1. The monoisotopic (exact) mass is 491 g/mol. The number of carbonyl (C=O) groups excluding carboxylic acids is 2. The molecule has 0 unspecified atom stereocenters. The van der Waals surface area contributed by atoms with Gasteiger partial charge in [-0.2, -0.15) is 0 Å². The van der Waals surface area contributed by atoms with Crippen LogP contribution in [0.25, 0.3) is 10.9 Å². The van der Waals surface area contributed by atoms with Crippen LogP contribution in [0.2, 0.25) is 0 Å². The molecule has 184 valence electrons. The summed E-state index contributed by atoms with van der Waals surface area (Å²) in [7, 11) is 0. The van der Waals surface area contributed by atoms with Gasteiger partial charge in [0, 0.05) is 66.0 Å². The Bertz CT molecular complexity index is 1210. The lowest BCUT2D eigenvalue weighted by Gasteiger charge is -2.45. The third kappa shape index (κ3) is 4.75. The van der Waals surface area contributed by atoms with E-state index in [-0.39, 0.29) is 11.8 Å². The predicted molar refractivity (Wildman–Crippen MR) is 138 cm³/mol. The lowest BCUT2D eigenvalue weighted by atomic mass is 9.98. The maximum Gasteiger partial charge on any atom is 0.246 e. The molecule has 7 nitrogen and oxygen atoms in total. The van der Waals surface area contributed by atoms with Crippen molar-refractivity contribution in [2.45, 2.75) is 50.9 Å². The molecule has 35 heavy (non-hydrogen) atoms. The Balaban J connectivity index is 1.07. The van der Waals surface area contributed by atoms with Gasteiger partial charge in [-0.3, -0.25) is 19.4 Å². The Hall–Kier alpha value is -2.68. The summed E-state index contributed by atoms with van der Waals surface area (Å²) in [5, 5.41) is 4.14. The van der Waals surface area contributed by atoms with Gasteiger partial charge in [-0.1, -0.05) is 24.6 Å². The Labute approximate surface area is 210 Å². The molecule has 6 rings (SSSR count). The number of nitrogens with one attached hydrogen (secondary N) is 2. The van der Waals surface area contributed by atoms with Crippen LogP contribution in [0.5, 0.6) is 0 Å². The number of piperazine rings is 2. The molecule has 8 heteroatoms. The van der Waals surface area contributed by atoms with Crippen LogP contribution < -0.4 is 5.32 Å². The summed E-state index contributed by atoms with van der Waals surface area (Å²) < 4.78 is 0. The fourth-order valence-electron chi connectivity index (χ4n) is 5.81. The van der Waals surface area contributed by atoms with Crippen LogP contribution in [-0.2, 0) is 29.1 Å². The van der Waals surface area contributed by atoms with E-state index in [9.17, 15) is 9.59 Å². The third-order valence-electron chi connectivity index (χ3n) is 7.69. The first-order valence-electron chi connectivity index (χ1n) is 12.8. The molecule has 0 bridgehead atoms. The molecule has 3 fully saturated rings. The average Bonchev–Trinajstić information content (AvgIpc) is 3.50. The Morgan fingerprint density at radius 3 is 2.49 bits per heavy atom. The van der Waals surface area contributed by atoms with Crippen LogP contribution in [-0.4, -0.2) is 76.3 Å². The second-order valence-electron chi connectivity index (χ2n) is 10.1. The average molecular weight is 492 g/mol. The van der Waals surface area contributed by atoms with Gasteiger partial charge in [-0.25, -0.2) is 0 Å². The summed E-state index contributed by atoms with van der Waals surface area (Å²) in [6, 6.07) is 11.7. The fourth-order valence-corrected chi connectivity index (χ4v) is 6.91. The number of hydrogen-bond acceptors (Lipinski definition) is 5. The highest BCUT2D eigenvalue weighted by Gasteiger charge is 2.43. The topological polar surface area (TPSA) is 71.7 Å². The lowest BCUT2D eigenvalue weighted by molar-refractivity contribution is -0.153. The minimum atomic E-state index is -0.501. The summed E-state index contributed by atoms with van der Waals surface area (Å²) in [4.78, 5) is 39.1. The molecule has 5 heterocycles. The normalized spacial score (nSPS) is 24.1. The van der Waals surface area contributed by atoms with Crippen LogP contribution in [0.4, 0.5) is 0 Å². The number of nitrogens with zero attached hydrogens (tertiary/aromatic N) is 3. The highest BCUT2D eigenvalue weighted by molar-refractivity contribution is 7.11. The molecule has 2 amide bonds. The molecule has 2 atom stereocenters. The molecule has 3 aliphatic heterocycles. The van der Waals surface area contributed by atoms with E-state index in [1.165, 1.54) is 42.1 Å². The minimum absolute atomic E-state index is 0.0314. The van der Waals surface area contributed by atoms with Crippen molar-refractivity contribution in [1.29, 1.82) is 0 Å². The molecular weight excluding hydrogens is 458 g/mol. The van der Waals surface area contributed by atoms with Crippen LogP contribution in [0, 0.1) is 0 Å². The predicted octanol–water partition coefficient (Wildman–Crippen LogP) is 2.97. The number of thiophene rings is 1. The van der Waals surface area contributed by atoms with Crippen molar-refractivity contribution < 1.29 is 9.59 Å². The highest BCUT2D eigenvalue weighted by Crippen LogP contribution is 2.25. The largest absolute Gasteiger partial charge is 0.361 e. The van der Waals surface area contributed by atoms with Gasteiger partial charge in [0.25, 0.3) is 0 Å². The van der Waals surface area contributed by atoms with E-state index in [4.69, 9.17) is 0 Å². The Morgan fingerprint density at radius 1 is 0.886 bits per heavy atom. The molecule has 0 aliphatic carbocycles. The molecule has 3 aliphatic rings. The smallest absolute Gasteiger partial charge is 0.246 e. The number of fused-ring (bicyclic) bond motifs is 2. The van der Waals surface area contributed by atoms with E-state index in [0.717, 1.165) is 36.1 Å². The van der Waals surface area contributed by atoms with Gasteiger partial charge < -0.3 is 15.2 Å². The van der Waals surface area contributed by atoms with Gasteiger partial charge in [0.1, 0.15) is 12.1 Å². The number of aromatic amines is 1. The van der Waals surface area contributed by atoms with Gasteiger partial charge >= 0.3 is 0 Å². The summed E-state index contributed by atoms with van der Waals surface area (Å²) in [6.45, 7) is 6.31. The molecule has 1 aromatic carbocycles. The molecule has 3 saturated heterocycles. The SMILES string of the molecule is O=C1N[C@@H](Cc2c[nH]c3ccccc23)C(=O)N2CCN(Cc3ccc(CN4CCCCC4)s3)C[C@H]12. The van der Waals surface area contributed by atoms with Crippen LogP contribution in [0.15, 0.2) is 42.6 Å². The number of para-hydroxylation sites is 1. The minimum Gasteiger partial charge on any atom is -0.361 e. The number of hydrogen-bond donors (Lipinski definition) is 2. The molecule has 0 radical (unpaired) electrons. The van der Waals surface area contributed by atoms with Crippen molar-refractivity contribution in [3.63, 3.8) is 0 Å². The van der Waals surface area contributed by atoms with Crippen molar-refractivity contribution in [3.05, 3.63) is 57.9 Å². The first kappa shape index (κ1) is 22.8. The number of rotatable bonds is 6. The number of H-pyrrole nitrogens is 1. The molecule has 3 aromatic rings. The van der Waals surface area contributed by atoms with Gasteiger partial charge in [-0.15, -0.1) is 11.3 Å². The zero-order chi connectivity index (χ0) is 23.8. The van der Waals surface area contributed by atoms with Crippen LogP contribution in [0.1, 0.15) is 34.6 Å². The number of piperidine rings is 1. The number of aromatic nitrogens is 1. The van der Waals surface area contributed by atoms with Gasteiger partial charge in [0.15, 0.2) is 0 Å². The van der Waals surface area contributed by atoms with Crippen molar-refractivity contribution in [1.82, 2.24) is 25.0 Å². The molecule has 2 N–H and O–H groups in total. The number of benzene rings is 1. The summed E-state index contributed by atoms with van der Waals surface area (Å²) in [6.07, 6.45) is 6.45. The highest BCUT2D eigenvalue weighted by atomic mass is 32.1. The zero-order valence-electron chi connectivity index (χ0n) is 20.0. The van der Waals surface area contributed by atoms with Gasteiger partial charge in [0.2, 0.25) is 11.8 Å².